The molecule has 1 amide bonds. The predicted molar refractivity (Wildman–Crippen MR) is 73.6 cm³/mol. The number of amides is 1. The Labute approximate surface area is 116 Å². The SMILES string of the molecule is CN(Cc1ccc(F)cc1)C(=O)c1cccc(Cl)c1. The van der Waals surface area contributed by atoms with Gasteiger partial charge < -0.3 is 4.90 Å². The van der Waals surface area contributed by atoms with Crippen LogP contribution in [0.25, 0.3) is 0 Å². The van der Waals surface area contributed by atoms with Crippen molar-refractivity contribution >= 4 is 17.5 Å². The third kappa shape index (κ3) is 3.55. The minimum atomic E-state index is -0.285. The minimum Gasteiger partial charge on any atom is -0.337 e. The van der Waals surface area contributed by atoms with Crippen molar-refractivity contribution in [3.8, 4) is 0 Å². The molecular weight excluding hydrogens is 265 g/mol. The normalized spacial score (nSPS) is 10.3. The summed E-state index contributed by atoms with van der Waals surface area (Å²) >= 11 is 5.86. The van der Waals surface area contributed by atoms with Gasteiger partial charge in [0.1, 0.15) is 5.82 Å². The topological polar surface area (TPSA) is 20.3 Å². The Kier molecular flexibility index (Phi) is 4.17. The van der Waals surface area contributed by atoms with Gasteiger partial charge in [0.05, 0.1) is 0 Å². The van der Waals surface area contributed by atoms with Gasteiger partial charge in [-0.3, -0.25) is 4.79 Å². The molecule has 4 heteroatoms. The Morgan fingerprint density at radius 3 is 2.53 bits per heavy atom. The number of hydrogen-bond donors (Lipinski definition) is 0. The van der Waals surface area contributed by atoms with Crippen LogP contribution in [0.1, 0.15) is 15.9 Å². The fraction of sp³-hybridized carbons (Fsp3) is 0.133. The molecule has 0 saturated heterocycles. The Balaban J connectivity index is 2.09. The molecule has 0 saturated carbocycles. The number of benzene rings is 2. The predicted octanol–water partition coefficient (Wildman–Crippen LogP) is 3.75. The summed E-state index contributed by atoms with van der Waals surface area (Å²) in [7, 11) is 1.70. The first kappa shape index (κ1) is 13.6. The molecule has 0 radical (unpaired) electrons. The van der Waals surface area contributed by atoms with Crippen molar-refractivity contribution in [2.24, 2.45) is 0 Å². The lowest BCUT2D eigenvalue weighted by Crippen LogP contribution is -2.26. The fourth-order valence-corrected chi connectivity index (χ4v) is 1.97. The van der Waals surface area contributed by atoms with Crippen LogP contribution >= 0.6 is 11.6 Å². The number of nitrogens with zero attached hydrogens (tertiary/aromatic N) is 1. The van der Waals surface area contributed by atoms with Gasteiger partial charge in [0.2, 0.25) is 0 Å². The molecule has 0 aliphatic heterocycles. The molecule has 2 aromatic carbocycles. The fourth-order valence-electron chi connectivity index (χ4n) is 1.78. The first-order valence-corrected chi connectivity index (χ1v) is 6.19. The highest BCUT2D eigenvalue weighted by Crippen LogP contribution is 2.14. The molecule has 0 aliphatic rings. The molecule has 0 spiro atoms. The van der Waals surface area contributed by atoms with Crippen LogP contribution in [0.3, 0.4) is 0 Å². The zero-order valence-electron chi connectivity index (χ0n) is 10.4. The van der Waals surface area contributed by atoms with Gasteiger partial charge in [-0.05, 0) is 35.9 Å². The van der Waals surface area contributed by atoms with Crippen LogP contribution in [0.15, 0.2) is 48.5 Å². The highest BCUT2D eigenvalue weighted by Gasteiger charge is 2.12. The van der Waals surface area contributed by atoms with E-state index < -0.39 is 0 Å². The average Bonchev–Trinajstić information content (AvgIpc) is 2.40. The van der Waals surface area contributed by atoms with E-state index in [1.807, 2.05) is 0 Å². The summed E-state index contributed by atoms with van der Waals surface area (Å²) in [6.45, 7) is 0.422. The highest BCUT2D eigenvalue weighted by atomic mass is 35.5. The van der Waals surface area contributed by atoms with Crippen LogP contribution in [0, 0.1) is 5.82 Å². The number of halogens is 2. The second-order valence-electron chi connectivity index (χ2n) is 4.30. The molecule has 0 aliphatic carbocycles. The maximum atomic E-state index is 12.8. The average molecular weight is 278 g/mol. The summed E-state index contributed by atoms with van der Waals surface area (Å²) in [5, 5.41) is 0.529. The molecule has 0 unspecified atom stereocenters. The van der Waals surface area contributed by atoms with Crippen molar-refractivity contribution in [1.29, 1.82) is 0 Å². The third-order valence-electron chi connectivity index (χ3n) is 2.75. The molecule has 0 aromatic heterocycles. The number of hydrogen-bond acceptors (Lipinski definition) is 1. The first-order valence-electron chi connectivity index (χ1n) is 5.82. The van der Waals surface area contributed by atoms with E-state index in [4.69, 9.17) is 11.6 Å². The van der Waals surface area contributed by atoms with Crippen molar-refractivity contribution in [3.05, 3.63) is 70.5 Å². The van der Waals surface area contributed by atoms with Crippen molar-refractivity contribution in [1.82, 2.24) is 4.90 Å². The zero-order valence-corrected chi connectivity index (χ0v) is 11.2. The van der Waals surface area contributed by atoms with Gasteiger partial charge in [0.25, 0.3) is 5.91 Å². The van der Waals surface area contributed by atoms with Gasteiger partial charge in [0, 0.05) is 24.2 Å². The summed E-state index contributed by atoms with van der Waals surface area (Å²) in [6, 6.07) is 12.9. The van der Waals surface area contributed by atoms with Gasteiger partial charge >= 0.3 is 0 Å². The largest absolute Gasteiger partial charge is 0.337 e. The summed E-state index contributed by atoms with van der Waals surface area (Å²) in [6.07, 6.45) is 0. The van der Waals surface area contributed by atoms with Gasteiger partial charge in [-0.1, -0.05) is 29.8 Å². The van der Waals surface area contributed by atoms with Crippen LogP contribution in [0.2, 0.25) is 5.02 Å². The smallest absolute Gasteiger partial charge is 0.253 e. The summed E-state index contributed by atoms with van der Waals surface area (Å²) in [5.74, 6) is -0.403. The van der Waals surface area contributed by atoms with Crippen molar-refractivity contribution in [3.63, 3.8) is 0 Å². The second kappa shape index (κ2) is 5.85. The van der Waals surface area contributed by atoms with E-state index in [0.29, 0.717) is 17.1 Å². The van der Waals surface area contributed by atoms with Crippen LogP contribution in [0.5, 0.6) is 0 Å². The number of rotatable bonds is 3. The molecule has 0 atom stereocenters. The maximum absolute atomic E-state index is 12.8. The maximum Gasteiger partial charge on any atom is 0.253 e. The molecule has 0 N–H and O–H groups in total. The number of carbonyl (C=O) groups excluding carboxylic acids is 1. The number of carbonyl (C=O) groups is 1. The Bertz CT molecular complexity index is 583. The van der Waals surface area contributed by atoms with E-state index in [1.54, 1.807) is 48.3 Å². The van der Waals surface area contributed by atoms with Crippen LogP contribution in [0.4, 0.5) is 4.39 Å². The molecule has 0 heterocycles. The lowest BCUT2D eigenvalue weighted by Gasteiger charge is -2.17. The Morgan fingerprint density at radius 2 is 1.89 bits per heavy atom. The molecule has 0 bridgehead atoms. The molecule has 2 aromatic rings. The van der Waals surface area contributed by atoms with Crippen LogP contribution in [-0.2, 0) is 6.54 Å². The molecule has 19 heavy (non-hydrogen) atoms. The first-order chi connectivity index (χ1) is 9.06. The zero-order chi connectivity index (χ0) is 13.8. The van der Waals surface area contributed by atoms with Crippen LogP contribution in [-0.4, -0.2) is 17.9 Å². The summed E-state index contributed by atoms with van der Waals surface area (Å²) in [5.41, 5.74) is 1.41. The Hall–Kier alpha value is -1.87. The van der Waals surface area contributed by atoms with Crippen molar-refractivity contribution < 1.29 is 9.18 Å². The van der Waals surface area contributed by atoms with E-state index in [0.717, 1.165) is 5.56 Å². The lowest BCUT2D eigenvalue weighted by molar-refractivity contribution is 0.0785. The highest BCUT2D eigenvalue weighted by molar-refractivity contribution is 6.30. The van der Waals surface area contributed by atoms with Crippen molar-refractivity contribution in [2.75, 3.05) is 7.05 Å². The van der Waals surface area contributed by atoms with Gasteiger partial charge in [-0.15, -0.1) is 0 Å². The van der Waals surface area contributed by atoms with E-state index in [1.165, 1.54) is 12.1 Å². The molecule has 98 valence electrons. The lowest BCUT2D eigenvalue weighted by atomic mass is 10.1. The van der Waals surface area contributed by atoms with Gasteiger partial charge in [-0.2, -0.15) is 0 Å². The van der Waals surface area contributed by atoms with Gasteiger partial charge in [-0.25, -0.2) is 4.39 Å². The monoisotopic (exact) mass is 277 g/mol. The standard InChI is InChI=1S/C15H13ClFNO/c1-18(10-11-5-7-14(17)8-6-11)15(19)12-3-2-4-13(16)9-12/h2-9H,10H2,1H3. The minimum absolute atomic E-state index is 0.119. The summed E-state index contributed by atoms with van der Waals surface area (Å²) in [4.78, 5) is 13.7. The quantitative estimate of drug-likeness (QED) is 0.837. The Morgan fingerprint density at radius 1 is 1.21 bits per heavy atom. The molecule has 2 nitrogen and oxygen atoms in total. The van der Waals surface area contributed by atoms with E-state index >= 15 is 0 Å². The van der Waals surface area contributed by atoms with E-state index in [2.05, 4.69) is 0 Å². The molecular formula is C15H13ClFNO. The van der Waals surface area contributed by atoms with Crippen LogP contribution < -0.4 is 0 Å². The molecule has 0 fully saturated rings. The third-order valence-corrected chi connectivity index (χ3v) is 2.99. The van der Waals surface area contributed by atoms with Crippen molar-refractivity contribution in [2.45, 2.75) is 6.54 Å². The summed E-state index contributed by atoms with van der Waals surface area (Å²) < 4.78 is 12.8. The molecule has 2 rings (SSSR count). The van der Waals surface area contributed by atoms with E-state index in [-0.39, 0.29) is 11.7 Å². The second-order valence-corrected chi connectivity index (χ2v) is 4.73. The van der Waals surface area contributed by atoms with E-state index in [9.17, 15) is 9.18 Å². The van der Waals surface area contributed by atoms with Gasteiger partial charge in [0.15, 0.2) is 0 Å².